The van der Waals surface area contributed by atoms with Gasteiger partial charge in [-0.2, -0.15) is 0 Å². The van der Waals surface area contributed by atoms with E-state index in [9.17, 15) is 9.59 Å². The van der Waals surface area contributed by atoms with Crippen molar-refractivity contribution in [3.63, 3.8) is 0 Å². The van der Waals surface area contributed by atoms with Crippen molar-refractivity contribution in [2.45, 2.75) is 26.8 Å². The molecule has 3 aromatic rings. The molecule has 1 aromatic heterocycles. The lowest BCUT2D eigenvalue weighted by molar-refractivity contribution is -0.122. The van der Waals surface area contributed by atoms with Crippen molar-refractivity contribution < 1.29 is 9.59 Å². The van der Waals surface area contributed by atoms with Crippen LogP contribution in [0.3, 0.4) is 0 Å². The van der Waals surface area contributed by atoms with Gasteiger partial charge in [0.15, 0.2) is 0 Å². The van der Waals surface area contributed by atoms with Crippen LogP contribution in [0.15, 0.2) is 54.6 Å². The highest BCUT2D eigenvalue weighted by Crippen LogP contribution is 2.41. The molecule has 0 spiro atoms. The fourth-order valence-electron chi connectivity index (χ4n) is 4.92. The van der Waals surface area contributed by atoms with Crippen molar-refractivity contribution in [3.8, 4) is 0 Å². The second kappa shape index (κ2) is 5.81. The molecular weight excluding hydrogens is 336 g/mol. The van der Waals surface area contributed by atoms with Crippen LogP contribution in [0.1, 0.15) is 20.3 Å². The maximum Gasteiger partial charge on any atom is 0.238 e. The van der Waals surface area contributed by atoms with E-state index in [0.29, 0.717) is 12.1 Å². The number of benzene rings is 2. The first kappa shape index (κ1) is 16.3. The first-order chi connectivity index (χ1) is 13.1. The summed E-state index contributed by atoms with van der Waals surface area (Å²) < 4.78 is 2.27. The van der Waals surface area contributed by atoms with E-state index >= 15 is 0 Å². The van der Waals surface area contributed by atoms with Crippen LogP contribution in [-0.2, 0) is 16.1 Å². The lowest BCUT2D eigenvalue weighted by Crippen LogP contribution is -2.31. The molecular formula is C23H22N2O2. The normalized spacial score (nSPS) is 25.0. The molecule has 1 aliphatic carbocycles. The number of hydrogen-bond acceptors (Lipinski definition) is 2. The van der Waals surface area contributed by atoms with Gasteiger partial charge in [-0.05, 0) is 43.5 Å². The summed E-state index contributed by atoms with van der Waals surface area (Å²) in [6.45, 7) is 5.03. The van der Waals surface area contributed by atoms with Gasteiger partial charge in [0.25, 0.3) is 0 Å². The molecule has 3 unspecified atom stereocenters. The van der Waals surface area contributed by atoms with Gasteiger partial charge in [-0.15, -0.1) is 0 Å². The molecule has 0 bridgehead atoms. The second-order valence-electron chi connectivity index (χ2n) is 7.63. The highest BCUT2D eigenvalue weighted by Gasteiger charge is 2.50. The van der Waals surface area contributed by atoms with E-state index in [-0.39, 0.29) is 29.6 Å². The lowest BCUT2D eigenvalue weighted by atomic mass is 9.78. The van der Waals surface area contributed by atoms with Crippen molar-refractivity contribution in [1.82, 2.24) is 4.57 Å². The predicted molar refractivity (Wildman–Crippen MR) is 108 cm³/mol. The largest absolute Gasteiger partial charge is 0.341 e. The zero-order valence-corrected chi connectivity index (χ0v) is 15.6. The number of aryl methyl sites for hydroxylation is 1. The molecule has 1 saturated heterocycles. The zero-order valence-electron chi connectivity index (χ0n) is 15.6. The summed E-state index contributed by atoms with van der Waals surface area (Å²) >= 11 is 0. The van der Waals surface area contributed by atoms with Gasteiger partial charge >= 0.3 is 0 Å². The SMILES string of the molecule is CCn1c2ccccc2c2cc(N3C(=O)C4CC=CC(C)C4C3=O)ccc21. The van der Waals surface area contributed by atoms with E-state index in [4.69, 9.17) is 0 Å². The minimum absolute atomic E-state index is 0.0552. The standard InChI is InChI=1S/C23H22N2O2/c1-3-24-19-10-5-4-8-16(19)18-13-15(11-12-20(18)24)25-22(26)17-9-6-7-14(2)21(17)23(25)27/h4-8,10-14,17,21H,3,9H2,1-2H3. The van der Waals surface area contributed by atoms with Gasteiger partial charge in [0.2, 0.25) is 11.8 Å². The number of hydrogen-bond donors (Lipinski definition) is 0. The number of anilines is 1. The zero-order chi connectivity index (χ0) is 18.7. The van der Waals surface area contributed by atoms with E-state index in [0.717, 1.165) is 22.8 Å². The number of aromatic nitrogens is 1. The molecule has 0 radical (unpaired) electrons. The maximum absolute atomic E-state index is 13.1. The topological polar surface area (TPSA) is 42.3 Å². The highest BCUT2D eigenvalue weighted by atomic mass is 16.2. The Morgan fingerprint density at radius 2 is 1.78 bits per heavy atom. The van der Waals surface area contributed by atoms with Crippen molar-refractivity contribution >= 4 is 39.3 Å². The van der Waals surface area contributed by atoms with Crippen molar-refractivity contribution in [1.29, 1.82) is 0 Å². The second-order valence-corrected chi connectivity index (χ2v) is 7.63. The van der Waals surface area contributed by atoms with Crippen LogP contribution < -0.4 is 4.90 Å². The van der Waals surface area contributed by atoms with Gasteiger partial charge in [0.1, 0.15) is 0 Å². The van der Waals surface area contributed by atoms with Crippen LogP contribution in [0.4, 0.5) is 5.69 Å². The Bertz CT molecular complexity index is 1120. The fourth-order valence-corrected chi connectivity index (χ4v) is 4.92. The summed E-state index contributed by atoms with van der Waals surface area (Å²) in [6.07, 6.45) is 4.76. The van der Waals surface area contributed by atoms with Gasteiger partial charge in [-0.1, -0.05) is 37.3 Å². The van der Waals surface area contributed by atoms with E-state index in [1.165, 1.54) is 10.4 Å². The van der Waals surface area contributed by atoms with Crippen molar-refractivity contribution in [2.75, 3.05) is 4.90 Å². The Balaban J connectivity index is 1.67. The number of para-hydroxylation sites is 1. The molecule has 2 aliphatic rings. The van der Waals surface area contributed by atoms with E-state index in [2.05, 4.69) is 29.7 Å². The molecule has 27 heavy (non-hydrogen) atoms. The van der Waals surface area contributed by atoms with Crippen LogP contribution >= 0.6 is 0 Å². The van der Waals surface area contributed by atoms with Gasteiger partial charge in [-0.25, -0.2) is 0 Å². The quantitative estimate of drug-likeness (QED) is 0.499. The fraction of sp³-hybridized carbons (Fsp3) is 0.304. The third-order valence-corrected chi connectivity index (χ3v) is 6.20. The third kappa shape index (κ3) is 2.16. The minimum Gasteiger partial charge on any atom is -0.341 e. The summed E-state index contributed by atoms with van der Waals surface area (Å²) in [6, 6.07) is 14.3. The van der Waals surface area contributed by atoms with Crippen LogP contribution in [-0.4, -0.2) is 16.4 Å². The number of rotatable bonds is 2. The molecule has 1 fully saturated rings. The molecule has 0 N–H and O–H groups in total. The number of amides is 2. The molecule has 3 atom stereocenters. The van der Waals surface area contributed by atoms with Crippen LogP contribution in [0.25, 0.3) is 21.8 Å². The highest BCUT2D eigenvalue weighted by molar-refractivity contribution is 6.23. The molecule has 2 heterocycles. The summed E-state index contributed by atoms with van der Waals surface area (Å²) in [7, 11) is 0. The van der Waals surface area contributed by atoms with Gasteiger partial charge in [0.05, 0.1) is 17.5 Å². The van der Waals surface area contributed by atoms with E-state index in [1.54, 1.807) is 0 Å². The first-order valence-electron chi connectivity index (χ1n) is 9.67. The smallest absolute Gasteiger partial charge is 0.238 e. The Morgan fingerprint density at radius 1 is 1.00 bits per heavy atom. The van der Waals surface area contributed by atoms with E-state index in [1.807, 2.05) is 43.3 Å². The summed E-state index contributed by atoms with van der Waals surface area (Å²) in [5.74, 6) is -0.448. The molecule has 2 aromatic carbocycles. The maximum atomic E-state index is 13.1. The first-order valence-corrected chi connectivity index (χ1v) is 9.67. The molecule has 5 rings (SSSR count). The van der Waals surface area contributed by atoms with Crippen LogP contribution in [0.2, 0.25) is 0 Å². The number of imide groups is 1. The van der Waals surface area contributed by atoms with Crippen LogP contribution in [0, 0.1) is 17.8 Å². The minimum atomic E-state index is -0.227. The monoisotopic (exact) mass is 358 g/mol. The van der Waals surface area contributed by atoms with Gasteiger partial charge in [-0.3, -0.25) is 14.5 Å². The average Bonchev–Trinajstić information content (AvgIpc) is 3.14. The molecule has 0 saturated carbocycles. The van der Waals surface area contributed by atoms with Crippen molar-refractivity contribution in [2.24, 2.45) is 17.8 Å². The lowest BCUT2D eigenvalue weighted by Gasteiger charge is -2.22. The summed E-state index contributed by atoms with van der Waals surface area (Å²) in [4.78, 5) is 27.5. The molecule has 1 aliphatic heterocycles. The molecule has 4 heteroatoms. The Morgan fingerprint density at radius 3 is 2.56 bits per heavy atom. The Labute approximate surface area is 158 Å². The number of allylic oxidation sites excluding steroid dienone is 2. The van der Waals surface area contributed by atoms with Crippen LogP contribution in [0.5, 0.6) is 0 Å². The van der Waals surface area contributed by atoms with Gasteiger partial charge in [0, 0.05) is 28.4 Å². The third-order valence-electron chi connectivity index (χ3n) is 6.20. The summed E-state index contributed by atoms with van der Waals surface area (Å²) in [5, 5.41) is 2.24. The number of carbonyl (C=O) groups is 2. The Hall–Kier alpha value is -2.88. The summed E-state index contributed by atoms with van der Waals surface area (Å²) in [5.41, 5.74) is 3.00. The Kier molecular flexibility index (Phi) is 3.51. The molecule has 136 valence electrons. The number of carbonyl (C=O) groups excluding carboxylic acids is 2. The van der Waals surface area contributed by atoms with Crippen molar-refractivity contribution in [3.05, 3.63) is 54.6 Å². The molecule has 4 nitrogen and oxygen atoms in total. The van der Waals surface area contributed by atoms with E-state index < -0.39 is 0 Å². The average molecular weight is 358 g/mol. The molecule has 2 amide bonds. The number of fused-ring (bicyclic) bond motifs is 4. The van der Waals surface area contributed by atoms with Gasteiger partial charge < -0.3 is 4.57 Å². The predicted octanol–water partition coefficient (Wildman–Crippen LogP) is 4.52. The number of nitrogens with zero attached hydrogens (tertiary/aromatic N) is 2.